The summed E-state index contributed by atoms with van der Waals surface area (Å²) < 4.78 is 32.2. The lowest BCUT2D eigenvalue weighted by molar-refractivity contribution is -0.289. The van der Waals surface area contributed by atoms with Gasteiger partial charge in [0.2, 0.25) is 0 Å². The van der Waals surface area contributed by atoms with Gasteiger partial charge in [-0.3, -0.25) is 4.79 Å². The largest absolute Gasteiger partial charge is 0.405 e. The van der Waals surface area contributed by atoms with Gasteiger partial charge in [-0.25, -0.2) is 0 Å². The first-order valence-corrected chi connectivity index (χ1v) is 20.4. The molecule has 6 atom stereocenters. The summed E-state index contributed by atoms with van der Waals surface area (Å²) in [7, 11) is -2.63. The molecule has 3 unspecified atom stereocenters. The summed E-state index contributed by atoms with van der Waals surface area (Å²) in [6.45, 7) is 22.7. The van der Waals surface area contributed by atoms with Crippen molar-refractivity contribution in [2.45, 2.75) is 150 Å². The number of ether oxygens (including phenoxy) is 4. The number of benzene rings is 2. The fraction of sp³-hybridized carbons (Fsp3) is 0.683. The van der Waals surface area contributed by atoms with Crippen LogP contribution in [-0.4, -0.2) is 57.7 Å². The van der Waals surface area contributed by atoms with Crippen LogP contribution in [0.25, 0.3) is 0 Å². The van der Waals surface area contributed by atoms with Crippen molar-refractivity contribution in [2.24, 2.45) is 17.3 Å². The van der Waals surface area contributed by atoms with Gasteiger partial charge in [-0.2, -0.15) is 0 Å². The van der Waals surface area contributed by atoms with Crippen molar-refractivity contribution in [3.8, 4) is 0 Å². The van der Waals surface area contributed by atoms with Crippen LogP contribution in [0.3, 0.4) is 0 Å². The number of ketones is 1. The van der Waals surface area contributed by atoms with Gasteiger partial charge in [0, 0.05) is 18.6 Å². The Kier molecular flexibility index (Phi) is 13.3. The van der Waals surface area contributed by atoms with Gasteiger partial charge in [0.25, 0.3) is 8.32 Å². The van der Waals surface area contributed by atoms with E-state index < -0.39 is 19.5 Å². The highest BCUT2D eigenvalue weighted by molar-refractivity contribution is 6.99. The maximum absolute atomic E-state index is 14.3. The molecule has 0 N–H and O–H groups in total. The predicted molar refractivity (Wildman–Crippen MR) is 197 cm³/mol. The van der Waals surface area contributed by atoms with Crippen LogP contribution in [-0.2, 0) is 28.2 Å². The van der Waals surface area contributed by atoms with Crippen molar-refractivity contribution in [1.82, 2.24) is 0 Å². The van der Waals surface area contributed by atoms with E-state index >= 15 is 0 Å². The van der Waals surface area contributed by atoms with Crippen LogP contribution >= 0.6 is 0 Å². The molecule has 0 aromatic heterocycles. The molecule has 4 rings (SSSR count). The maximum atomic E-state index is 14.3. The Morgan fingerprint density at radius 1 is 0.875 bits per heavy atom. The first kappa shape index (κ1) is 38.9. The summed E-state index contributed by atoms with van der Waals surface area (Å²) in [6.07, 6.45) is 5.90. The lowest BCUT2D eigenvalue weighted by atomic mass is 9.72. The summed E-state index contributed by atoms with van der Waals surface area (Å²) >= 11 is 0. The predicted octanol–water partition coefficient (Wildman–Crippen LogP) is 8.44. The number of hydrogen-bond acceptors (Lipinski definition) is 6. The molecule has 0 aliphatic carbocycles. The lowest BCUT2D eigenvalue weighted by Gasteiger charge is -2.45. The van der Waals surface area contributed by atoms with E-state index in [9.17, 15) is 4.79 Å². The van der Waals surface area contributed by atoms with Crippen molar-refractivity contribution < 1.29 is 28.2 Å². The average Bonchev–Trinajstić information content (AvgIpc) is 3.05. The van der Waals surface area contributed by atoms with Gasteiger partial charge in [0.15, 0.2) is 12.1 Å². The fourth-order valence-electron chi connectivity index (χ4n) is 7.93. The lowest BCUT2D eigenvalue weighted by Crippen LogP contribution is -2.67. The van der Waals surface area contributed by atoms with E-state index in [0.717, 1.165) is 38.5 Å². The summed E-state index contributed by atoms with van der Waals surface area (Å²) in [5.41, 5.74) is -0.673. The zero-order chi connectivity index (χ0) is 35.2. The van der Waals surface area contributed by atoms with Gasteiger partial charge in [-0.1, -0.05) is 116 Å². The topological polar surface area (TPSA) is 63.2 Å². The number of carbonyl (C=O) groups excluding carboxylic acids is 1. The van der Waals surface area contributed by atoms with E-state index in [4.69, 9.17) is 23.4 Å². The van der Waals surface area contributed by atoms with Crippen LogP contribution < -0.4 is 10.4 Å². The van der Waals surface area contributed by atoms with Crippen LogP contribution in [0, 0.1) is 17.3 Å². The summed E-state index contributed by atoms with van der Waals surface area (Å²) in [6, 6.07) is 21.7. The minimum Gasteiger partial charge on any atom is -0.405 e. The highest BCUT2D eigenvalue weighted by Crippen LogP contribution is 2.40. The number of carbonyl (C=O) groups is 1. The van der Waals surface area contributed by atoms with Crippen LogP contribution in [0.1, 0.15) is 114 Å². The van der Waals surface area contributed by atoms with Gasteiger partial charge in [-0.15, -0.1) is 0 Å². The molecule has 268 valence electrons. The Morgan fingerprint density at radius 2 is 1.48 bits per heavy atom. The normalized spacial score (nSPS) is 23.2. The molecule has 0 saturated carbocycles. The van der Waals surface area contributed by atoms with E-state index in [1.807, 2.05) is 34.6 Å². The molecule has 2 aromatic carbocycles. The Balaban J connectivity index is 1.49. The Bertz CT molecular complexity index is 1230. The van der Waals surface area contributed by atoms with Crippen LogP contribution in [0.15, 0.2) is 60.7 Å². The highest BCUT2D eigenvalue weighted by Gasteiger charge is 2.51. The van der Waals surface area contributed by atoms with Gasteiger partial charge in [-0.05, 0) is 80.6 Å². The standard InChI is InChI=1S/C41H64O6Si/c1-30(20-19-21-31(2)47-48(39(4,5)6,33-22-13-11-14-23-33)34-24-15-12-16-25-34)37(45-36-26-17-18-28-43-36)32(3)38(42)40(7,8)35-27-29-44-41(9,10)46-35/h11-16,22-25,30-32,35-37H,17-21,26-29H2,1-10H3/t30-,31?,32+,35-,36?,37?/m0/s1. The third kappa shape index (κ3) is 9.26. The summed E-state index contributed by atoms with van der Waals surface area (Å²) in [5, 5.41) is 2.54. The van der Waals surface area contributed by atoms with Gasteiger partial charge >= 0.3 is 0 Å². The van der Waals surface area contributed by atoms with Crippen LogP contribution in [0.5, 0.6) is 0 Å². The zero-order valence-electron chi connectivity index (χ0n) is 31.6. The molecule has 2 aromatic rings. The molecule has 7 heteroatoms. The van der Waals surface area contributed by atoms with Gasteiger partial charge < -0.3 is 23.4 Å². The molecule has 2 aliphatic rings. The molecular weight excluding hydrogens is 617 g/mol. The molecule has 2 aliphatic heterocycles. The van der Waals surface area contributed by atoms with Crippen LogP contribution in [0.4, 0.5) is 0 Å². The Labute approximate surface area is 292 Å². The first-order valence-electron chi connectivity index (χ1n) is 18.5. The van der Waals surface area contributed by atoms with Gasteiger partial charge in [0.1, 0.15) is 5.78 Å². The highest BCUT2D eigenvalue weighted by atomic mass is 28.4. The van der Waals surface area contributed by atoms with Crippen molar-refractivity contribution in [3.05, 3.63) is 60.7 Å². The van der Waals surface area contributed by atoms with E-state index in [0.29, 0.717) is 19.6 Å². The number of Topliss-reactive ketones (excluding diaryl/α,β-unsaturated/α-hetero) is 1. The van der Waals surface area contributed by atoms with Crippen LogP contribution in [0.2, 0.25) is 5.04 Å². The second kappa shape index (κ2) is 16.4. The smallest absolute Gasteiger partial charge is 0.261 e. The second-order valence-electron chi connectivity index (χ2n) is 16.4. The second-order valence-corrected chi connectivity index (χ2v) is 20.7. The first-order chi connectivity index (χ1) is 22.6. The number of hydrogen-bond donors (Lipinski definition) is 0. The molecule has 6 nitrogen and oxygen atoms in total. The third-order valence-electron chi connectivity index (χ3n) is 10.7. The molecule has 48 heavy (non-hydrogen) atoms. The SMILES string of the molecule is CC(CCC[C@H](C)C(OC1CCCCO1)[C@@H](C)C(=O)C(C)(C)[C@@H]1CCOC(C)(C)O1)O[Si](c1ccccc1)(c1ccccc1)C(C)(C)C. The minimum atomic E-state index is -2.63. The molecule has 2 saturated heterocycles. The molecule has 0 amide bonds. The fourth-order valence-corrected chi connectivity index (χ4v) is 12.7. The molecule has 0 bridgehead atoms. The Hall–Kier alpha value is -1.87. The van der Waals surface area contributed by atoms with Crippen molar-refractivity contribution in [1.29, 1.82) is 0 Å². The van der Waals surface area contributed by atoms with Crippen molar-refractivity contribution in [2.75, 3.05) is 13.2 Å². The quantitative estimate of drug-likeness (QED) is 0.176. The molecule has 2 fully saturated rings. The van der Waals surface area contributed by atoms with E-state index in [1.54, 1.807) is 0 Å². The molecule has 0 spiro atoms. The third-order valence-corrected chi connectivity index (χ3v) is 15.8. The van der Waals surface area contributed by atoms with Crippen molar-refractivity contribution >= 4 is 24.5 Å². The van der Waals surface area contributed by atoms with E-state index in [-0.39, 0.29) is 47.3 Å². The van der Waals surface area contributed by atoms with Gasteiger partial charge in [0.05, 0.1) is 24.2 Å². The Morgan fingerprint density at radius 3 is 2.00 bits per heavy atom. The van der Waals surface area contributed by atoms with E-state index in [2.05, 4.69) is 95.3 Å². The minimum absolute atomic E-state index is 0.0663. The summed E-state index contributed by atoms with van der Waals surface area (Å²) in [5.74, 6) is -0.657. The molecule has 2 heterocycles. The zero-order valence-corrected chi connectivity index (χ0v) is 32.6. The molecule has 0 radical (unpaired) electrons. The van der Waals surface area contributed by atoms with E-state index in [1.165, 1.54) is 10.4 Å². The average molecular weight is 681 g/mol. The van der Waals surface area contributed by atoms with Crippen molar-refractivity contribution in [3.63, 3.8) is 0 Å². The number of rotatable bonds is 15. The summed E-state index contributed by atoms with van der Waals surface area (Å²) in [4.78, 5) is 14.3. The molecular formula is C41H64O6Si. The maximum Gasteiger partial charge on any atom is 0.261 e. The monoisotopic (exact) mass is 680 g/mol.